The van der Waals surface area contributed by atoms with Gasteiger partial charge in [0.05, 0.1) is 0 Å². The minimum atomic E-state index is -0.769. The molecule has 2 aromatic carbocycles. The maximum atomic E-state index is 12.6. The third-order valence-electron chi connectivity index (χ3n) is 5.53. The monoisotopic (exact) mass is 495 g/mol. The van der Waals surface area contributed by atoms with Gasteiger partial charge in [-0.3, -0.25) is 19.3 Å². The van der Waals surface area contributed by atoms with Crippen molar-refractivity contribution in [1.29, 1.82) is 0 Å². The normalized spacial score (nSPS) is 15.2. The van der Waals surface area contributed by atoms with Crippen molar-refractivity contribution < 1.29 is 38.2 Å². The lowest BCUT2D eigenvalue weighted by Crippen LogP contribution is -2.44. The van der Waals surface area contributed by atoms with Gasteiger partial charge in [-0.2, -0.15) is 0 Å². The van der Waals surface area contributed by atoms with Crippen LogP contribution >= 0.6 is 0 Å². The fraction of sp³-hybridized carbons (Fsp3) is 0.370. The number of Topliss-reactive ketones (excluding diaryl/α,β-unsaturated/α-hetero) is 2. The van der Waals surface area contributed by atoms with Gasteiger partial charge < -0.3 is 14.2 Å². The van der Waals surface area contributed by atoms with E-state index >= 15 is 0 Å². The Bertz CT molecular complexity index is 1120. The van der Waals surface area contributed by atoms with E-state index in [-0.39, 0.29) is 24.6 Å². The Hall–Kier alpha value is -4.01. The Balaban J connectivity index is 1.55. The second kappa shape index (κ2) is 11.6. The fourth-order valence-electron chi connectivity index (χ4n) is 3.76. The van der Waals surface area contributed by atoms with Crippen LogP contribution in [0.15, 0.2) is 48.5 Å². The number of amides is 1. The Kier molecular flexibility index (Phi) is 8.58. The molecule has 0 aromatic heterocycles. The summed E-state index contributed by atoms with van der Waals surface area (Å²) < 4.78 is 15.1. The highest BCUT2D eigenvalue weighted by molar-refractivity contribution is 5.99. The first kappa shape index (κ1) is 26.6. The van der Waals surface area contributed by atoms with Gasteiger partial charge in [0.2, 0.25) is 0 Å². The quantitative estimate of drug-likeness (QED) is 0.223. The first-order valence-electron chi connectivity index (χ1n) is 11.6. The van der Waals surface area contributed by atoms with Crippen LogP contribution in [0.4, 0.5) is 4.79 Å². The molecule has 0 radical (unpaired) electrons. The molecule has 9 heteroatoms. The molecule has 0 N–H and O–H groups in total. The Morgan fingerprint density at radius 2 is 1.42 bits per heavy atom. The van der Waals surface area contributed by atoms with Gasteiger partial charge in [-0.1, -0.05) is 48.5 Å². The van der Waals surface area contributed by atoms with E-state index in [1.807, 2.05) is 0 Å². The highest BCUT2D eigenvalue weighted by atomic mass is 16.6. The van der Waals surface area contributed by atoms with Crippen LogP contribution in [-0.2, 0) is 23.8 Å². The molecule has 0 unspecified atom stereocenters. The van der Waals surface area contributed by atoms with Crippen LogP contribution in [0.5, 0.6) is 0 Å². The van der Waals surface area contributed by atoms with E-state index in [1.165, 1.54) is 4.90 Å². The number of hydrogen-bond donors (Lipinski definition) is 0. The molecular formula is C27H29NO8. The fourth-order valence-corrected chi connectivity index (χ4v) is 3.76. The van der Waals surface area contributed by atoms with Crippen molar-refractivity contribution in [3.63, 3.8) is 0 Å². The van der Waals surface area contributed by atoms with Crippen molar-refractivity contribution in [3.8, 4) is 11.1 Å². The van der Waals surface area contributed by atoms with Gasteiger partial charge in [0.1, 0.15) is 11.6 Å². The summed E-state index contributed by atoms with van der Waals surface area (Å²) in [4.78, 5) is 61.0. The lowest BCUT2D eigenvalue weighted by Gasteiger charge is -2.27. The van der Waals surface area contributed by atoms with Crippen LogP contribution in [0.25, 0.3) is 11.1 Å². The van der Waals surface area contributed by atoms with E-state index in [0.717, 1.165) is 11.1 Å². The maximum absolute atomic E-state index is 12.6. The van der Waals surface area contributed by atoms with Crippen molar-refractivity contribution in [2.75, 3.05) is 19.8 Å². The number of likely N-dealkylation sites (tertiary alicyclic amines) is 1. The summed E-state index contributed by atoms with van der Waals surface area (Å²) in [5.74, 6) is -1.31. The first-order valence-corrected chi connectivity index (χ1v) is 11.6. The molecule has 0 saturated carbocycles. The van der Waals surface area contributed by atoms with E-state index in [4.69, 9.17) is 9.47 Å². The molecule has 190 valence electrons. The minimum Gasteiger partial charge on any atom is -0.459 e. The average Bonchev–Trinajstić information content (AvgIpc) is 3.35. The highest BCUT2D eigenvalue weighted by Crippen LogP contribution is 2.23. The summed E-state index contributed by atoms with van der Waals surface area (Å²) in [6, 6.07) is 12.8. The van der Waals surface area contributed by atoms with Gasteiger partial charge in [-0.15, -0.1) is 0 Å². The van der Waals surface area contributed by atoms with Crippen molar-refractivity contribution in [2.45, 2.75) is 45.3 Å². The summed E-state index contributed by atoms with van der Waals surface area (Å²) in [7, 11) is 0. The lowest BCUT2D eigenvalue weighted by molar-refractivity contribution is -0.147. The highest BCUT2D eigenvalue weighted by Gasteiger charge is 2.37. The van der Waals surface area contributed by atoms with Crippen molar-refractivity contribution in [1.82, 2.24) is 4.90 Å². The third-order valence-corrected chi connectivity index (χ3v) is 5.53. The molecule has 1 saturated heterocycles. The predicted molar refractivity (Wildman–Crippen MR) is 129 cm³/mol. The number of nitrogens with zero attached hydrogens (tertiary/aromatic N) is 1. The van der Waals surface area contributed by atoms with Crippen LogP contribution in [0.2, 0.25) is 0 Å². The zero-order chi connectivity index (χ0) is 26.3. The SMILES string of the molecule is CC(C)(C)OC(=O)N1CCC[C@H]1C(=O)OCC(=O)c1ccc(-c2ccc(C(=O)COC=O)cc2)cc1. The molecule has 1 atom stereocenters. The van der Waals surface area contributed by atoms with Crippen molar-refractivity contribution in [2.24, 2.45) is 0 Å². The Labute approximate surface area is 209 Å². The number of benzene rings is 2. The van der Waals surface area contributed by atoms with E-state index in [0.29, 0.717) is 30.5 Å². The first-order chi connectivity index (χ1) is 17.1. The van der Waals surface area contributed by atoms with E-state index < -0.39 is 30.3 Å². The lowest BCUT2D eigenvalue weighted by atomic mass is 10.0. The molecule has 0 bridgehead atoms. The average molecular weight is 496 g/mol. The van der Waals surface area contributed by atoms with Crippen LogP contribution in [0, 0.1) is 0 Å². The largest absolute Gasteiger partial charge is 0.459 e. The molecule has 1 aliphatic rings. The Morgan fingerprint density at radius 3 is 1.92 bits per heavy atom. The molecule has 1 heterocycles. The van der Waals surface area contributed by atoms with Gasteiger partial charge in [0, 0.05) is 17.7 Å². The molecule has 0 spiro atoms. The van der Waals surface area contributed by atoms with Crippen molar-refractivity contribution >= 4 is 30.1 Å². The Morgan fingerprint density at radius 1 is 0.889 bits per heavy atom. The summed E-state index contributed by atoms with van der Waals surface area (Å²) in [5, 5.41) is 0. The van der Waals surface area contributed by atoms with Crippen LogP contribution in [-0.4, -0.2) is 66.4 Å². The molecule has 36 heavy (non-hydrogen) atoms. The molecular weight excluding hydrogens is 466 g/mol. The van der Waals surface area contributed by atoms with Gasteiger partial charge in [-0.25, -0.2) is 9.59 Å². The van der Waals surface area contributed by atoms with Gasteiger partial charge in [0.25, 0.3) is 6.47 Å². The van der Waals surface area contributed by atoms with E-state index in [9.17, 15) is 24.0 Å². The van der Waals surface area contributed by atoms with Gasteiger partial charge in [0.15, 0.2) is 24.8 Å². The standard InChI is InChI=1S/C27H29NO8/c1-27(2,3)36-26(33)28-14-4-5-22(28)25(32)35-16-24(31)21-12-8-19(9-13-21)18-6-10-20(11-7-18)23(30)15-34-17-29/h6-13,17,22H,4-5,14-16H2,1-3H3/t22-/m0/s1. The maximum Gasteiger partial charge on any atom is 0.411 e. The predicted octanol–water partition coefficient (Wildman–Crippen LogP) is 3.83. The smallest absolute Gasteiger partial charge is 0.411 e. The second-order valence-electron chi connectivity index (χ2n) is 9.35. The zero-order valence-electron chi connectivity index (χ0n) is 20.5. The van der Waals surface area contributed by atoms with Gasteiger partial charge >= 0.3 is 12.1 Å². The topological polar surface area (TPSA) is 116 Å². The van der Waals surface area contributed by atoms with Crippen LogP contribution < -0.4 is 0 Å². The molecule has 0 aliphatic carbocycles. The van der Waals surface area contributed by atoms with E-state index in [2.05, 4.69) is 4.74 Å². The molecule has 3 rings (SSSR count). The molecule has 1 amide bonds. The summed E-state index contributed by atoms with van der Waals surface area (Å²) in [5.41, 5.74) is 1.77. The van der Waals surface area contributed by atoms with E-state index in [1.54, 1.807) is 69.3 Å². The number of carbonyl (C=O) groups excluding carboxylic acids is 5. The summed E-state index contributed by atoms with van der Waals surface area (Å²) >= 11 is 0. The van der Waals surface area contributed by atoms with Crippen molar-refractivity contribution in [3.05, 3.63) is 59.7 Å². The molecule has 2 aromatic rings. The molecule has 1 fully saturated rings. The summed E-state index contributed by atoms with van der Waals surface area (Å²) in [6.45, 7) is 5.13. The molecule has 9 nitrogen and oxygen atoms in total. The number of ether oxygens (including phenoxy) is 3. The summed E-state index contributed by atoms with van der Waals surface area (Å²) in [6.07, 6.45) is 0.529. The molecule has 1 aliphatic heterocycles. The van der Waals surface area contributed by atoms with Crippen LogP contribution in [0.3, 0.4) is 0 Å². The minimum absolute atomic E-state index is 0.226. The number of hydrogen-bond acceptors (Lipinski definition) is 8. The van der Waals surface area contributed by atoms with Crippen LogP contribution in [0.1, 0.15) is 54.3 Å². The second-order valence-corrected chi connectivity index (χ2v) is 9.35. The number of carbonyl (C=O) groups is 5. The number of esters is 1. The zero-order valence-corrected chi connectivity index (χ0v) is 20.5. The number of rotatable bonds is 9. The third kappa shape index (κ3) is 7.00. The van der Waals surface area contributed by atoms with Gasteiger partial charge in [-0.05, 0) is 44.7 Å². The number of ketones is 2.